The molecule has 1 aliphatic carbocycles. The molecule has 0 bridgehead atoms. The van der Waals surface area contributed by atoms with Gasteiger partial charge in [0, 0.05) is 0 Å². The van der Waals surface area contributed by atoms with Crippen molar-refractivity contribution in [3.05, 3.63) is 29.8 Å². The second-order valence-electron chi connectivity index (χ2n) is 4.02. The van der Waals surface area contributed by atoms with Crippen LogP contribution >= 0.6 is 0 Å². The summed E-state index contributed by atoms with van der Waals surface area (Å²) in [5.74, 6) is 0.545. The molecule has 1 fully saturated rings. The molecule has 1 aliphatic rings. The van der Waals surface area contributed by atoms with E-state index in [1.807, 2.05) is 6.92 Å². The summed E-state index contributed by atoms with van der Waals surface area (Å²) >= 11 is 0. The van der Waals surface area contributed by atoms with E-state index in [0.717, 1.165) is 6.42 Å². The van der Waals surface area contributed by atoms with E-state index in [2.05, 4.69) is 0 Å². The molecule has 2 rings (SSSR count). The molecule has 0 N–H and O–H groups in total. The van der Waals surface area contributed by atoms with Gasteiger partial charge in [0.2, 0.25) is 0 Å². The van der Waals surface area contributed by atoms with Gasteiger partial charge in [0.1, 0.15) is 0 Å². The van der Waals surface area contributed by atoms with Crippen LogP contribution in [0.25, 0.3) is 0 Å². The van der Waals surface area contributed by atoms with E-state index in [0.29, 0.717) is 11.5 Å². The zero-order valence-corrected chi connectivity index (χ0v) is 7.88. The molecule has 0 spiro atoms. The van der Waals surface area contributed by atoms with Gasteiger partial charge < -0.3 is 12.9 Å². The van der Waals surface area contributed by atoms with Crippen LogP contribution in [0.2, 0.25) is 0 Å². The van der Waals surface area contributed by atoms with E-state index in [-0.39, 0.29) is 5.92 Å². The van der Waals surface area contributed by atoms with Crippen LogP contribution in [0, 0.1) is 5.92 Å². The summed E-state index contributed by atoms with van der Waals surface area (Å²) in [5.41, 5.74) is 0.0920. The van der Waals surface area contributed by atoms with Crippen LogP contribution in [0.5, 0.6) is 0 Å². The van der Waals surface area contributed by atoms with Crippen molar-refractivity contribution in [2.45, 2.75) is 19.3 Å². The van der Waals surface area contributed by atoms with Gasteiger partial charge >= 0.3 is 6.98 Å². The number of rotatable bonds is 2. The minimum absolute atomic E-state index is 0.134. The van der Waals surface area contributed by atoms with Crippen LogP contribution < -0.4 is 5.46 Å². The molecule has 2 unspecified atom stereocenters. The third kappa shape index (κ3) is 1.65. The van der Waals surface area contributed by atoms with Crippen LogP contribution in [0.1, 0.15) is 24.8 Å². The van der Waals surface area contributed by atoms with Crippen molar-refractivity contribution in [3.63, 3.8) is 0 Å². The first kappa shape index (κ1) is 9.62. The maximum atomic E-state index is 12.6. The summed E-state index contributed by atoms with van der Waals surface area (Å²) < 4.78 is 37.9. The lowest BCUT2D eigenvalue weighted by Crippen LogP contribution is -2.36. The maximum absolute atomic E-state index is 12.6. The molecule has 1 aromatic rings. The summed E-state index contributed by atoms with van der Waals surface area (Å²) in [7, 11) is 0. The smallest absolute Gasteiger partial charge is 0.445 e. The molecule has 14 heavy (non-hydrogen) atoms. The average Bonchev–Trinajstić information content (AvgIpc) is 2.81. The Kier molecular flexibility index (Phi) is 2.09. The molecule has 0 saturated heterocycles. The molecular weight excluding hydrogens is 188 g/mol. The Morgan fingerprint density at radius 1 is 1.21 bits per heavy atom. The fourth-order valence-corrected chi connectivity index (χ4v) is 1.90. The number of halogens is 3. The zero-order chi connectivity index (χ0) is 10.3. The van der Waals surface area contributed by atoms with Crippen molar-refractivity contribution in [1.82, 2.24) is 0 Å². The molecule has 0 radical (unpaired) electrons. The van der Waals surface area contributed by atoms with Gasteiger partial charge in [-0.05, 0) is 18.3 Å². The molecule has 0 aliphatic heterocycles. The van der Waals surface area contributed by atoms with Crippen molar-refractivity contribution in [2.75, 3.05) is 0 Å². The Morgan fingerprint density at radius 3 is 2.29 bits per heavy atom. The van der Waals surface area contributed by atoms with Gasteiger partial charge in [0.15, 0.2) is 0 Å². The SMILES string of the molecule is CC1CC1c1ccccc1[B-](F)(F)F. The average molecular weight is 199 g/mol. The Morgan fingerprint density at radius 2 is 1.79 bits per heavy atom. The first-order chi connectivity index (χ1) is 6.50. The van der Waals surface area contributed by atoms with Crippen LogP contribution in [0.4, 0.5) is 12.9 Å². The van der Waals surface area contributed by atoms with Gasteiger partial charge in [0.05, 0.1) is 0 Å². The van der Waals surface area contributed by atoms with Gasteiger partial charge in [-0.25, -0.2) is 0 Å². The van der Waals surface area contributed by atoms with Crippen molar-refractivity contribution in [3.8, 4) is 0 Å². The van der Waals surface area contributed by atoms with Gasteiger partial charge in [0.25, 0.3) is 0 Å². The van der Waals surface area contributed by atoms with Crippen molar-refractivity contribution >= 4 is 12.4 Å². The normalized spacial score (nSPS) is 26.3. The molecular formula is C10H11BF3-. The van der Waals surface area contributed by atoms with Crippen LogP contribution in [0.15, 0.2) is 24.3 Å². The van der Waals surface area contributed by atoms with Gasteiger partial charge in [-0.2, -0.15) is 0 Å². The van der Waals surface area contributed by atoms with E-state index in [1.165, 1.54) is 12.1 Å². The Balaban J connectivity index is 2.39. The van der Waals surface area contributed by atoms with Crippen molar-refractivity contribution in [1.29, 1.82) is 0 Å². The quantitative estimate of drug-likeness (QED) is 0.642. The number of hydrogen-bond donors (Lipinski definition) is 0. The summed E-state index contributed by atoms with van der Waals surface area (Å²) in [6, 6.07) is 5.95. The standard InChI is InChI=1S/C10H11BF3/c1-7-6-9(7)8-4-2-3-5-10(8)11(12,13)14/h2-5,7,9H,6H2,1H3/q-1. The fraction of sp³-hybridized carbons (Fsp3) is 0.400. The molecule has 4 heteroatoms. The van der Waals surface area contributed by atoms with Gasteiger partial charge in [-0.1, -0.05) is 36.8 Å². The topological polar surface area (TPSA) is 0 Å². The molecule has 76 valence electrons. The highest BCUT2D eigenvalue weighted by Crippen LogP contribution is 2.46. The fourth-order valence-electron chi connectivity index (χ4n) is 1.90. The van der Waals surface area contributed by atoms with E-state index in [9.17, 15) is 12.9 Å². The molecule has 0 heterocycles. The second kappa shape index (κ2) is 3.04. The number of hydrogen-bond acceptors (Lipinski definition) is 0. The first-order valence-corrected chi connectivity index (χ1v) is 4.79. The Labute approximate surface area is 81.2 Å². The zero-order valence-electron chi connectivity index (χ0n) is 7.88. The summed E-state index contributed by atoms with van der Waals surface area (Å²) in [6.45, 7) is -2.86. The monoisotopic (exact) mass is 199 g/mol. The lowest BCUT2D eigenvalue weighted by Gasteiger charge is -2.19. The van der Waals surface area contributed by atoms with Crippen molar-refractivity contribution < 1.29 is 12.9 Å². The van der Waals surface area contributed by atoms with Crippen molar-refractivity contribution in [2.24, 2.45) is 5.92 Å². The predicted molar refractivity (Wildman–Crippen MR) is 51.7 cm³/mol. The Bertz CT molecular complexity index is 345. The number of benzene rings is 1. The van der Waals surface area contributed by atoms with Crippen LogP contribution in [0.3, 0.4) is 0 Å². The maximum Gasteiger partial charge on any atom is 0.509 e. The lowest BCUT2D eigenvalue weighted by atomic mass is 9.75. The minimum atomic E-state index is -4.85. The third-order valence-corrected chi connectivity index (χ3v) is 2.86. The van der Waals surface area contributed by atoms with E-state index in [1.54, 1.807) is 12.1 Å². The largest absolute Gasteiger partial charge is 0.509 e. The summed E-state index contributed by atoms with van der Waals surface area (Å²) in [6.07, 6.45) is 0.892. The molecule has 0 amide bonds. The molecule has 1 saturated carbocycles. The molecule has 1 aromatic carbocycles. The predicted octanol–water partition coefficient (Wildman–Crippen LogP) is 2.86. The Hall–Kier alpha value is -0.925. The first-order valence-electron chi connectivity index (χ1n) is 4.79. The van der Waals surface area contributed by atoms with E-state index in [4.69, 9.17) is 0 Å². The van der Waals surface area contributed by atoms with E-state index < -0.39 is 12.4 Å². The van der Waals surface area contributed by atoms with Crippen LogP contribution in [-0.4, -0.2) is 6.98 Å². The van der Waals surface area contributed by atoms with Gasteiger partial charge in [-0.3, -0.25) is 0 Å². The van der Waals surface area contributed by atoms with Crippen LogP contribution in [-0.2, 0) is 0 Å². The highest BCUT2D eigenvalue weighted by Gasteiger charge is 2.38. The summed E-state index contributed by atoms with van der Waals surface area (Å²) in [4.78, 5) is 0. The second-order valence-corrected chi connectivity index (χ2v) is 4.02. The third-order valence-electron chi connectivity index (χ3n) is 2.86. The van der Waals surface area contributed by atoms with Gasteiger partial charge in [-0.15, -0.1) is 5.46 Å². The molecule has 2 atom stereocenters. The minimum Gasteiger partial charge on any atom is -0.445 e. The summed E-state index contributed by atoms with van der Waals surface area (Å²) in [5, 5.41) is 0. The lowest BCUT2D eigenvalue weighted by molar-refractivity contribution is 0.500. The highest BCUT2D eigenvalue weighted by molar-refractivity contribution is 6.74. The molecule has 0 nitrogen and oxygen atoms in total. The highest BCUT2D eigenvalue weighted by atomic mass is 19.4. The van der Waals surface area contributed by atoms with E-state index >= 15 is 0 Å². The molecule has 0 aromatic heterocycles.